The molecule has 2 heterocycles. The van der Waals surface area contributed by atoms with Crippen LogP contribution in [0.15, 0.2) is 21.4 Å². The lowest BCUT2D eigenvalue weighted by Crippen LogP contribution is -2.18. The number of hydrogen-bond acceptors (Lipinski definition) is 6. The van der Waals surface area contributed by atoms with Gasteiger partial charge in [-0.05, 0) is 17.9 Å². The molecule has 0 aromatic carbocycles. The van der Waals surface area contributed by atoms with Gasteiger partial charge in [-0.3, -0.25) is 9.36 Å². The highest BCUT2D eigenvalue weighted by molar-refractivity contribution is 7.99. The quantitative estimate of drug-likeness (QED) is 0.752. The van der Waals surface area contributed by atoms with Crippen LogP contribution in [0, 0.1) is 11.3 Å². The number of amides is 1. The first-order valence-electron chi connectivity index (χ1n) is 6.71. The molecule has 0 aliphatic carbocycles. The molecule has 9 heteroatoms. The third kappa shape index (κ3) is 3.99. The molecule has 0 unspecified atom stereocenters. The summed E-state index contributed by atoms with van der Waals surface area (Å²) in [6.07, 6.45) is 1.84. The zero-order valence-corrected chi connectivity index (χ0v) is 13.6. The molecule has 2 aromatic rings. The molecule has 2 rings (SSSR count). The van der Waals surface area contributed by atoms with Crippen molar-refractivity contribution in [3.05, 3.63) is 27.5 Å². The minimum Gasteiger partial charge on any atom is -0.316 e. The second kappa shape index (κ2) is 7.82. The van der Waals surface area contributed by atoms with Gasteiger partial charge in [-0.25, -0.2) is 9.89 Å². The molecule has 0 saturated heterocycles. The molecule has 2 aromatic heterocycles. The van der Waals surface area contributed by atoms with Crippen LogP contribution in [0.25, 0.3) is 0 Å². The van der Waals surface area contributed by atoms with E-state index in [1.165, 1.54) is 27.7 Å². The minimum atomic E-state index is -0.263. The Bertz CT molecular complexity index is 740. The van der Waals surface area contributed by atoms with Crippen LogP contribution in [0.3, 0.4) is 0 Å². The van der Waals surface area contributed by atoms with Gasteiger partial charge in [0.2, 0.25) is 5.91 Å². The number of carbonyl (C=O) groups is 1. The van der Waals surface area contributed by atoms with Crippen molar-refractivity contribution in [1.29, 1.82) is 5.26 Å². The summed E-state index contributed by atoms with van der Waals surface area (Å²) in [5, 5.41) is 20.7. The number of aromatic amines is 1. The SMILES string of the molecule is CCCCn1c(SCC(=O)Nc2sccc2C#N)n[nH]c1=O. The first-order chi connectivity index (χ1) is 10.7. The van der Waals surface area contributed by atoms with Crippen molar-refractivity contribution in [3.8, 4) is 6.07 Å². The van der Waals surface area contributed by atoms with E-state index in [1.807, 2.05) is 13.0 Å². The molecular weight excluding hydrogens is 322 g/mol. The lowest BCUT2D eigenvalue weighted by atomic mass is 10.3. The van der Waals surface area contributed by atoms with Crippen LogP contribution in [0.1, 0.15) is 25.3 Å². The van der Waals surface area contributed by atoms with Gasteiger partial charge < -0.3 is 5.32 Å². The van der Waals surface area contributed by atoms with E-state index in [1.54, 1.807) is 11.4 Å². The molecule has 0 atom stereocenters. The van der Waals surface area contributed by atoms with Gasteiger partial charge in [0.05, 0.1) is 11.3 Å². The Hall–Kier alpha value is -2.05. The monoisotopic (exact) mass is 337 g/mol. The van der Waals surface area contributed by atoms with Crippen LogP contribution >= 0.6 is 23.1 Å². The van der Waals surface area contributed by atoms with E-state index < -0.39 is 0 Å². The largest absolute Gasteiger partial charge is 0.343 e. The number of rotatable bonds is 7. The molecule has 0 radical (unpaired) electrons. The molecule has 116 valence electrons. The average molecular weight is 337 g/mol. The van der Waals surface area contributed by atoms with Crippen molar-refractivity contribution < 1.29 is 4.79 Å². The fraction of sp³-hybridized carbons (Fsp3) is 0.385. The fourth-order valence-corrected chi connectivity index (χ4v) is 3.24. The van der Waals surface area contributed by atoms with Gasteiger partial charge in [0.1, 0.15) is 11.1 Å². The number of thioether (sulfide) groups is 1. The van der Waals surface area contributed by atoms with E-state index in [9.17, 15) is 9.59 Å². The Morgan fingerprint density at radius 3 is 3.18 bits per heavy atom. The Kier molecular flexibility index (Phi) is 5.80. The van der Waals surface area contributed by atoms with Gasteiger partial charge in [0.15, 0.2) is 5.16 Å². The van der Waals surface area contributed by atoms with Crippen molar-refractivity contribution in [3.63, 3.8) is 0 Å². The molecular formula is C13H15N5O2S2. The highest BCUT2D eigenvalue weighted by Gasteiger charge is 2.12. The second-order valence-corrected chi connectivity index (χ2v) is 6.29. The molecule has 7 nitrogen and oxygen atoms in total. The molecule has 0 fully saturated rings. The first kappa shape index (κ1) is 16.3. The van der Waals surface area contributed by atoms with Crippen molar-refractivity contribution >= 4 is 34.0 Å². The summed E-state index contributed by atoms with van der Waals surface area (Å²) >= 11 is 2.49. The number of hydrogen-bond donors (Lipinski definition) is 2. The number of anilines is 1. The van der Waals surface area contributed by atoms with Gasteiger partial charge in [-0.1, -0.05) is 25.1 Å². The van der Waals surface area contributed by atoms with Gasteiger partial charge in [-0.2, -0.15) is 5.26 Å². The lowest BCUT2D eigenvalue weighted by molar-refractivity contribution is -0.113. The molecule has 2 N–H and O–H groups in total. The maximum absolute atomic E-state index is 11.9. The maximum Gasteiger partial charge on any atom is 0.343 e. The third-order valence-electron chi connectivity index (χ3n) is 2.83. The highest BCUT2D eigenvalue weighted by Crippen LogP contribution is 2.23. The van der Waals surface area contributed by atoms with E-state index in [0.29, 0.717) is 22.3 Å². The van der Waals surface area contributed by atoms with Crippen molar-refractivity contribution in [2.45, 2.75) is 31.5 Å². The summed E-state index contributed by atoms with van der Waals surface area (Å²) in [5.74, 6) is -0.111. The van der Waals surface area contributed by atoms with Gasteiger partial charge in [0, 0.05) is 6.54 Å². The van der Waals surface area contributed by atoms with Crippen LogP contribution in [-0.4, -0.2) is 26.4 Å². The Balaban J connectivity index is 1.94. The molecule has 0 saturated carbocycles. The summed E-state index contributed by atoms with van der Waals surface area (Å²) in [7, 11) is 0. The normalized spacial score (nSPS) is 10.4. The fourth-order valence-electron chi connectivity index (χ4n) is 1.71. The lowest BCUT2D eigenvalue weighted by Gasteiger charge is -2.05. The molecule has 0 spiro atoms. The van der Waals surface area contributed by atoms with Crippen LogP contribution in [0.5, 0.6) is 0 Å². The number of carbonyl (C=O) groups excluding carboxylic acids is 1. The van der Waals surface area contributed by atoms with E-state index in [4.69, 9.17) is 5.26 Å². The summed E-state index contributed by atoms with van der Waals surface area (Å²) in [4.78, 5) is 23.6. The topological polar surface area (TPSA) is 104 Å². The molecule has 0 aliphatic heterocycles. The van der Waals surface area contributed by atoms with Crippen molar-refractivity contribution in [2.75, 3.05) is 11.1 Å². The average Bonchev–Trinajstić information content (AvgIpc) is 3.09. The van der Waals surface area contributed by atoms with Gasteiger partial charge >= 0.3 is 5.69 Å². The Labute approximate surface area is 135 Å². The first-order valence-corrected chi connectivity index (χ1v) is 8.57. The maximum atomic E-state index is 11.9. The zero-order chi connectivity index (χ0) is 15.9. The van der Waals surface area contributed by atoms with Crippen LogP contribution in [0.4, 0.5) is 5.00 Å². The zero-order valence-electron chi connectivity index (χ0n) is 12.0. The molecule has 0 bridgehead atoms. The van der Waals surface area contributed by atoms with Crippen LogP contribution in [0.2, 0.25) is 0 Å². The minimum absolute atomic E-state index is 0.124. The summed E-state index contributed by atoms with van der Waals surface area (Å²) in [6.45, 7) is 2.62. The number of thiophene rings is 1. The Morgan fingerprint density at radius 2 is 2.45 bits per heavy atom. The Morgan fingerprint density at radius 1 is 1.64 bits per heavy atom. The summed E-state index contributed by atoms with van der Waals surface area (Å²) in [6, 6.07) is 3.67. The van der Waals surface area contributed by atoms with Crippen LogP contribution < -0.4 is 11.0 Å². The summed E-state index contributed by atoms with van der Waals surface area (Å²) < 4.78 is 1.54. The van der Waals surface area contributed by atoms with E-state index >= 15 is 0 Å². The predicted octanol–water partition coefficient (Wildman–Crippen LogP) is 2.04. The predicted molar refractivity (Wildman–Crippen MR) is 86.1 cm³/mol. The number of aromatic nitrogens is 3. The number of nitrogens with one attached hydrogen (secondary N) is 2. The molecule has 22 heavy (non-hydrogen) atoms. The van der Waals surface area contributed by atoms with E-state index in [-0.39, 0.29) is 17.3 Å². The highest BCUT2D eigenvalue weighted by atomic mass is 32.2. The smallest absolute Gasteiger partial charge is 0.316 e. The number of nitrogens with zero attached hydrogens (tertiary/aromatic N) is 3. The standard InChI is InChI=1S/C13H15N5O2S2/c1-2-3-5-18-12(20)16-17-13(18)22-8-10(19)15-11-9(7-14)4-6-21-11/h4,6H,2-3,5,8H2,1H3,(H,15,19)(H,16,20). The number of unbranched alkanes of at least 4 members (excludes halogenated alkanes) is 1. The van der Waals surface area contributed by atoms with E-state index in [0.717, 1.165) is 12.8 Å². The van der Waals surface area contributed by atoms with Crippen molar-refractivity contribution in [2.24, 2.45) is 0 Å². The third-order valence-corrected chi connectivity index (χ3v) is 4.64. The number of H-pyrrole nitrogens is 1. The van der Waals surface area contributed by atoms with Gasteiger partial charge in [0.25, 0.3) is 0 Å². The molecule has 0 aliphatic rings. The van der Waals surface area contributed by atoms with E-state index in [2.05, 4.69) is 15.5 Å². The second-order valence-electron chi connectivity index (χ2n) is 4.43. The van der Waals surface area contributed by atoms with Crippen molar-refractivity contribution in [1.82, 2.24) is 14.8 Å². The molecule has 1 amide bonds. The van der Waals surface area contributed by atoms with Crippen LogP contribution in [-0.2, 0) is 11.3 Å². The summed E-state index contributed by atoms with van der Waals surface area (Å²) in [5.41, 5.74) is 0.185. The van der Waals surface area contributed by atoms with Gasteiger partial charge in [-0.15, -0.1) is 16.4 Å². The number of nitriles is 1.